The highest BCUT2D eigenvalue weighted by Gasteiger charge is 2.38. The molecule has 0 aromatic heterocycles. The number of benzene rings is 1. The highest BCUT2D eigenvalue weighted by atomic mass is 16.4. The van der Waals surface area contributed by atoms with E-state index in [0.717, 1.165) is 5.56 Å². The van der Waals surface area contributed by atoms with Crippen LogP contribution in [0.4, 0.5) is 0 Å². The number of rotatable bonds is 2. The lowest BCUT2D eigenvalue weighted by Gasteiger charge is -2.42. The Morgan fingerprint density at radius 3 is 2.71 bits per heavy atom. The van der Waals surface area contributed by atoms with Crippen molar-refractivity contribution >= 4 is 11.9 Å². The molecule has 0 bridgehead atoms. The predicted molar refractivity (Wildman–Crippen MR) is 62.9 cm³/mol. The van der Waals surface area contributed by atoms with Gasteiger partial charge in [-0.2, -0.15) is 0 Å². The van der Waals surface area contributed by atoms with Crippen LogP contribution in [0.2, 0.25) is 0 Å². The van der Waals surface area contributed by atoms with Crippen molar-refractivity contribution < 1.29 is 14.7 Å². The van der Waals surface area contributed by atoms with Gasteiger partial charge < -0.3 is 10.0 Å². The van der Waals surface area contributed by atoms with Crippen LogP contribution in [-0.2, 0) is 11.2 Å². The van der Waals surface area contributed by atoms with Gasteiger partial charge >= 0.3 is 5.97 Å². The second kappa shape index (κ2) is 3.87. The molecule has 0 atom stereocenters. The average molecular weight is 233 g/mol. The van der Waals surface area contributed by atoms with Crippen LogP contribution in [0.1, 0.15) is 29.8 Å². The summed E-state index contributed by atoms with van der Waals surface area (Å²) in [5, 5.41) is 8.87. The van der Waals surface area contributed by atoms with Crippen LogP contribution in [0, 0.1) is 0 Å². The summed E-state index contributed by atoms with van der Waals surface area (Å²) in [5.74, 6) is -1.18. The molecular formula is C13H15NO3. The summed E-state index contributed by atoms with van der Waals surface area (Å²) in [6.45, 7) is 3.54. The molecule has 1 N–H and O–H groups in total. The van der Waals surface area contributed by atoms with Crippen LogP contribution in [0.3, 0.4) is 0 Å². The fourth-order valence-electron chi connectivity index (χ4n) is 2.29. The van der Waals surface area contributed by atoms with E-state index in [-0.39, 0.29) is 12.5 Å². The molecule has 1 amide bonds. The SMILES string of the molecule is CC1(C)Cc2ccccc2C(=O)N1CC(=O)O. The quantitative estimate of drug-likeness (QED) is 0.843. The summed E-state index contributed by atoms with van der Waals surface area (Å²) in [4.78, 5) is 24.5. The second-order valence-electron chi connectivity index (χ2n) is 4.93. The normalized spacial score (nSPS) is 17.8. The molecular weight excluding hydrogens is 218 g/mol. The summed E-state index contributed by atoms with van der Waals surface area (Å²) in [5.41, 5.74) is 1.15. The van der Waals surface area contributed by atoms with Crippen LogP contribution in [0.15, 0.2) is 24.3 Å². The lowest BCUT2D eigenvalue weighted by atomic mass is 9.85. The Labute approximate surface area is 99.9 Å². The van der Waals surface area contributed by atoms with E-state index in [9.17, 15) is 9.59 Å². The molecule has 0 saturated carbocycles. The zero-order valence-corrected chi connectivity index (χ0v) is 9.93. The first-order valence-corrected chi connectivity index (χ1v) is 5.53. The summed E-state index contributed by atoms with van der Waals surface area (Å²) in [6, 6.07) is 7.37. The first-order chi connectivity index (χ1) is 7.92. The van der Waals surface area contributed by atoms with Gasteiger partial charge in [0.25, 0.3) is 5.91 Å². The molecule has 4 heteroatoms. The smallest absolute Gasteiger partial charge is 0.323 e. The van der Waals surface area contributed by atoms with Crippen LogP contribution >= 0.6 is 0 Å². The first kappa shape index (κ1) is 11.6. The fraction of sp³-hybridized carbons (Fsp3) is 0.385. The molecule has 0 spiro atoms. The standard InChI is InChI=1S/C13H15NO3/c1-13(2)7-9-5-3-4-6-10(9)12(17)14(13)8-11(15)16/h3-6H,7-8H2,1-2H3,(H,15,16). The van der Waals surface area contributed by atoms with Gasteiger partial charge in [-0.1, -0.05) is 18.2 Å². The lowest BCUT2D eigenvalue weighted by molar-refractivity contribution is -0.139. The highest BCUT2D eigenvalue weighted by Crippen LogP contribution is 2.30. The Kier molecular flexibility index (Phi) is 2.65. The number of carbonyl (C=O) groups excluding carboxylic acids is 1. The summed E-state index contributed by atoms with van der Waals surface area (Å²) in [7, 11) is 0. The van der Waals surface area contributed by atoms with Crippen molar-refractivity contribution in [2.24, 2.45) is 0 Å². The molecule has 1 heterocycles. The van der Waals surface area contributed by atoms with E-state index >= 15 is 0 Å². The maximum atomic E-state index is 12.2. The third-order valence-electron chi connectivity index (χ3n) is 3.14. The van der Waals surface area contributed by atoms with Crippen LogP contribution < -0.4 is 0 Å². The molecule has 0 unspecified atom stereocenters. The van der Waals surface area contributed by atoms with Crippen LogP contribution in [0.25, 0.3) is 0 Å². The number of nitrogens with zero attached hydrogens (tertiary/aromatic N) is 1. The fourth-order valence-corrected chi connectivity index (χ4v) is 2.29. The third kappa shape index (κ3) is 2.02. The molecule has 17 heavy (non-hydrogen) atoms. The molecule has 0 aliphatic carbocycles. The summed E-state index contributed by atoms with van der Waals surface area (Å²) >= 11 is 0. The molecule has 90 valence electrons. The first-order valence-electron chi connectivity index (χ1n) is 5.53. The number of carboxylic acid groups (broad SMARTS) is 1. The second-order valence-corrected chi connectivity index (χ2v) is 4.93. The molecule has 1 aliphatic rings. The van der Waals surface area contributed by atoms with Crippen LogP contribution in [0.5, 0.6) is 0 Å². The van der Waals surface area contributed by atoms with Gasteiger partial charge in [-0.05, 0) is 31.9 Å². The maximum Gasteiger partial charge on any atom is 0.323 e. The lowest BCUT2D eigenvalue weighted by Crippen LogP contribution is -2.54. The van der Waals surface area contributed by atoms with E-state index in [0.29, 0.717) is 12.0 Å². The van der Waals surface area contributed by atoms with Gasteiger partial charge in [-0.3, -0.25) is 9.59 Å². The zero-order valence-electron chi connectivity index (χ0n) is 9.93. The number of amides is 1. The monoisotopic (exact) mass is 233 g/mol. The van der Waals surface area contributed by atoms with Gasteiger partial charge in [0.2, 0.25) is 0 Å². The average Bonchev–Trinajstić information content (AvgIpc) is 2.23. The Morgan fingerprint density at radius 1 is 1.41 bits per heavy atom. The predicted octanol–water partition coefficient (Wildman–Crippen LogP) is 1.55. The molecule has 1 aromatic carbocycles. The molecule has 1 aliphatic heterocycles. The number of hydrogen-bond acceptors (Lipinski definition) is 2. The van der Waals surface area contributed by atoms with Crippen molar-refractivity contribution in [3.63, 3.8) is 0 Å². The number of carboxylic acids is 1. The molecule has 0 saturated heterocycles. The minimum absolute atomic E-state index is 0.195. The van der Waals surface area contributed by atoms with Gasteiger partial charge in [-0.15, -0.1) is 0 Å². The van der Waals surface area contributed by atoms with Gasteiger partial charge in [0.15, 0.2) is 0 Å². The van der Waals surface area contributed by atoms with E-state index in [2.05, 4.69) is 0 Å². The minimum Gasteiger partial charge on any atom is -0.480 e. The topological polar surface area (TPSA) is 57.6 Å². The van der Waals surface area contributed by atoms with Crippen molar-refractivity contribution in [2.45, 2.75) is 25.8 Å². The van der Waals surface area contributed by atoms with Crippen molar-refractivity contribution in [3.05, 3.63) is 35.4 Å². The molecule has 0 fully saturated rings. The van der Waals surface area contributed by atoms with Crippen molar-refractivity contribution in [1.29, 1.82) is 0 Å². The van der Waals surface area contributed by atoms with Crippen molar-refractivity contribution in [2.75, 3.05) is 6.54 Å². The van der Waals surface area contributed by atoms with Crippen molar-refractivity contribution in [3.8, 4) is 0 Å². The van der Waals surface area contributed by atoms with E-state index in [4.69, 9.17) is 5.11 Å². The molecule has 0 radical (unpaired) electrons. The Bertz CT molecular complexity index is 479. The Hall–Kier alpha value is -1.84. The number of fused-ring (bicyclic) bond motifs is 1. The van der Waals surface area contributed by atoms with Gasteiger partial charge in [0, 0.05) is 11.1 Å². The maximum absolute atomic E-state index is 12.2. The summed E-state index contributed by atoms with van der Waals surface area (Å²) < 4.78 is 0. The van der Waals surface area contributed by atoms with E-state index in [1.807, 2.05) is 26.0 Å². The largest absolute Gasteiger partial charge is 0.480 e. The van der Waals surface area contributed by atoms with E-state index < -0.39 is 11.5 Å². The van der Waals surface area contributed by atoms with Gasteiger partial charge in [0.05, 0.1) is 0 Å². The van der Waals surface area contributed by atoms with Gasteiger partial charge in [-0.25, -0.2) is 0 Å². The Morgan fingerprint density at radius 2 is 2.06 bits per heavy atom. The van der Waals surface area contributed by atoms with Gasteiger partial charge in [0.1, 0.15) is 6.54 Å². The minimum atomic E-state index is -0.981. The third-order valence-corrected chi connectivity index (χ3v) is 3.14. The molecule has 1 aromatic rings. The summed E-state index contributed by atoms with van der Waals surface area (Å²) in [6.07, 6.45) is 0.683. The highest BCUT2D eigenvalue weighted by molar-refractivity contribution is 5.98. The zero-order chi connectivity index (χ0) is 12.6. The van der Waals surface area contributed by atoms with E-state index in [1.165, 1.54) is 4.90 Å². The number of aliphatic carboxylic acids is 1. The number of carbonyl (C=O) groups is 2. The Balaban J connectivity index is 2.43. The van der Waals surface area contributed by atoms with Crippen LogP contribution in [-0.4, -0.2) is 34.0 Å². The van der Waals surface area contributed by atoms with E-state index in [1.54, 1.807) is 12.1 Å². The molecule has 2 rings (SSSR count). The number of hydrogen-bond donors (Lipinski definition) is 1. The molecule has 4 nitrogen and oxygen atoms in total. The van der Waals surface area contributed by atoms with Crippen molar-refractivity contribution in [1.82, 2.24) is 4.90 Å².